The topological polar surface area (TPSA) is 68.2 Å². The van der Waals surface area contributed by atoms with Crippen LogP contribution in [0.1, 0.15) is 6.92 Å². The summed E-state index contributed by atoms with van der Waals surface area (Å²) in [7, 11) is 7.09. The normalized spacial score (nSPS) is 11.8. The lowest BCUT2D eigenvalue weighted by Crippen LogP contribution is -2.55. The minimum absolute atomic E-state index is 0.0269. The van der Waals surface area contributed by atoms with Crippen molar-refractivity contribution in [3.05, 3.63) is 0 Å². The number of hydrogen-bond acceptors (Lipinski definition) is 5. The highest BCUT2D eigenvalue weighted by Gasteiger charge is 2.27. The predicted molar refractivity (Wildman–Crippen MR) is 85.1 cm³/mol. The smallest absolute Gasteiger partial charge is 0.436 e. The first kappa shape index (κ1) is 18.0. The highest BCUT2D eigenvalue weighted by atomic mass is 32.2. The first-order valence-electron chi connectivity index (χ1n) is 5.90. The maximum absolute atomic E-state index is 11.5. The van der Waals surface area contributed by atoms with Crippen LogP contribution >= 0.6 is 11.8 Å². The molecule has 0 spiro atoms. The minimum Gasteiger partial charge on any atom is -0.468 e. The highest BCUT2D eigenvalue weighted by molar-refractivity contribution is 8.13. The van der Waals surface area contributed by atoms with Gasteiger partial charge < -0.3 is 14.4 Å². The molecule has 0 aromatic rings. The number of esters is 1. The van der Waals surface area contributed by atoms with Gasteiger partial charge in [0.1, 0.15) is 30.1 Å². The quantitative estimate of drug-likeness (QED) is 0.254. The monoisotopic (exact) mass is 284 g/mol. The van der Waals surface area contributed by atoms with Gasteiger partial charge in [0.25, 0.3) is 0 Å². The zero-order chi connectivity index (χ0) is 15.1. The van der Waals surface area contributed by atoms with Gasteiger partial charge in [0.15, 0.2) is 5.17 Å². The van der Waals surface area contributed by atoms with E-state index in [1.165, 1.54) is 18.9 Å². The zero-order valence-electron chi connectivity index (χ0n) is 12.3. The second-order valence-electron chi connectivity index (χ2n) is 4.63. The molecule has 6 nitrogen and oxygen atoms in total. The molecule has 0 aliphatic heterocycles. The van der Waals surface area contributed by atoms with Gasteiger partial charge in [-0.25, -0.2) is 4.79 Å². The fourth-order valence-corrected chi connectivity index (χ4v) is 1.96. The number of thioether (sulfide) groups is 1. The lowest BCUT2D eigenvalue weighted by molar-refractivity contribution is -0.141. The van der Waals surface area contributed by atoms with Crippen LogP contribution in [0.15, 0.2) is 4.99 Å². The third-order valence-electron chi connectivity index (χ3n) is 2.19. The summed E-state index contributed by atoms with van der Waals surface area (Å²) in [5, 5.41) is 0.0547. The first-order chi connectivity index (χ1) is 8.76. The molecule has 0 bridgehead atoms. The molecule has 0 unspecified atom stereocenters. The highest BCUT2D eigenvalue weighted by Crippen LogP contribution is 2.13. The van der Waals surface area contributed by atoms with E-state index in [4.69, 9.17) is 4.74 Å². The van der Waals surface area contributed by atoms with Crippen LogP contribution in [-0.2, 0) is 14.3 Å². The van der Waals surface area contributed by atoms with Crippen LogP contribution in [0, 0.1) is 0 Å². The Kier molecular flexibility index (Phi) is 7.74. The van der Waals surface area contributed by atoms with Crippen molar-refractivity contribution >= 4 is 52.5 Å². The minimum atomic E-state index is -0.661. The standard InChI is InChI=1S/C9H19B3N2O4S/c1-4-18-8(16)13-7(19-3)14(9(10,11)12)5-6(15)17-2/h4-5,10-12H2,1-3H3/b13-7-. The summed E-state index contributed by atoms with van der Waals surface area (Å²) >= 11 is 1.28. The lowest BCUT2D eigenvalue weighted by atomic mass is 9.48. The number of methoxy groups -OCH3 is 1. The average molecular weight is 284 g/mol. The molecule has 0 saturated carbocycles. The maximum atomic E-state index is 11.5. The van der Waals surface area contributed by atoms with Gasteiger partial charge in [-0.3, -0.25) is 4.79 Å². The summed E-state index contributed by atoms with van der Waals surface area (Å²) in [6.07, 6.45) is 1.12. The fourth-order valence-electron chi connectivity index (χ4n) is 1.24. The van der Waals surface area contributed by atoms with Crippen molar-refractivity contribution < 1.29 is 19.1 Å². The molecule has 0 radical (unpaired) electrons. The van der Waals surface area contributed by atoms with Crippen molar-refractivity contribution in [1.29, 1.82) is 0 Å². The van der Waals surface area contributed by atoms with Gasteiger partial charge in [-0.2, -0.15) is 4.99 Å². The van der Waals surface area contributed by atoms with Gasteiger partial charge >= 0.3 is 12.1 Å². The van der Waals surface area contributed by atoms with E-state index in [2.05, 4.69) is 9.73 Å². The Labute approximate surface area is 120 Å². The lowest BCUT2D eigenvalue weighted by Gasteiger charge is -2.36. The van der Waals surface area contributed by atoms with E-state index < -0.39 is 6.09 Å². The second-order valence-corrected chi connectivity index (χ2v) is 5.40. The largest absolute Gasteiger partial charge is 0.468 e. The van der Waals surface area contributed by atoms with E-state index in [9.17, 15) is 9.59 Å². The molecule has 0 atom stereocenters. The Balaban J connectivity index is 5.19. The Morgan fingerprint density at radius 3 is 2.32 bits per heavy atom. The third-order valence-corrected chi connectivity index (χ3v) is 2.87. The van der Waals surface area contributed by atoms with Crippen molar-refractivity contribution in [1.82, 2.24) is 4.90 Å². The van der Waals surface area contributed by atoms with Gasteiger partial charge in [-0.15, -0.1) is 0 Å². The van der Waals surface area contributed by atoms with Gasteiger partial charge in [-0.1, -0.05) is 11.8 Å². The Bertz CT molecular complexity index is 360. The predicted octanol–water partition coefficient (Wildman–Crippen LogP) is -2.15. The molecule has 0 rings (SSSR count). The Morgan fingerprint density at radius 2 is 1.95 bits per heavy atom. The Hall–Kier alpha value is -1.05. The molecule has 0 aromatic heterocycles. The molecule has 0 heterocycles. The van der Waals surface area contributed by atoms with Gasteiger partial charge in [0.05, 0.1) is 13.7 Å². The maximum Gasteiger partial charge on any atom is 0.436 e. The number of carbonyl (C=O) groups excluding carboxylic acids is 2. The van der Waals surface area contributed by atoms with Crippen LogP contribution in [-0.4, -0.2) is 77.4 Å². The van der Waals surface area contributed by atoms with E-state index in [-0.39, 0.29) is 24.4 Å². The number of amidine groups is 1. The van der Waals surface area contributed by atoms with Gasteiger partial charge in [0.2, 0.25) is 0 Å². The van der Waals surface area contributed by atoms with Crippen LogP contribution in [0.4, 0.5) is 4.79 Å². The van der Waals surface area contributed by atoms with E-state index in [0.717, 1.165) is 0 Å². The van der Waals surface area contributed by atoms with E-state index in [1.807, 2.05) is 23.5 Å². The van der Waals surface area contributed by atoms with Crippen LogP contribution in [0.25, 0.3) is 0 Å². The van der Waals surface area contributed by atoms with Crippen molar-refractivity contribution in [3.8, 4) is 0 Å². The summed E-state index contributed by atoms with van der Waals surface area (Å²) in [5.41, 5.74) is 0. The van der Waals surface area contributed by atoms with Crippen LogP contribution in [0.2, 0.25) is 0 Å². The average Bonchev–Trinajstić information content (AvgIpc) is 2.32. The van der Waals surface area contributed by atoms with Gasteiger partial charge in [-0.05, 0) is 18.4 Å². The zero-order valence-corrected chi connectivity index (χ0v) is 13.2. The van der Waals surface area contributed by atoms with E-state index in [1.54, 1.807) is 18.1 Å². The number of ether oxygens (including phenoxy) is 2. The molecule has 0 aliphatic carbocycles. The fraction of sp³-hybridized carbons (Fsp3) is 0.667. The molecule has 0 fully saturated rings. The number of hydrogen-bond donors (Lipinski definition) is 0. The number of aliphatic imine (C=N–C) groups is 1. The van der Waals surface area contributed by atoms with Crippen LogP contribution in [0.3, 0.4) is 0 Å². The summed E-state index contributed by atoms with van der Waals surface area (Å²) in [6.45, 7) is 2.00. The van der Waals surface area contributed by atoms with Crippen LogP contribution < -0.4 is 0 Å². The summed E-state index contributed by atoms with van der Waals surface area (Å²) in [4.78, 5) is 28.5. The summed E-state index contributed by atoms with van der Waals surface area (Å²) < 4.78 is 9.45. The molecule has 0 N–H and O–H groups in total. The molecule has 1 amide bonds. The van der Waals surface area contributed by atoms with Crippen molar-refractivity contribution in [2.75, 3.05) is 26.5 Å². The molecular formula is C9H19B3N2O4S. The number of carbonyl (C=O) groups is 2. The SMILES string of the molecule is BC(B)(B)N(CC(=O)OC)/C(=N/C(=O)OCC)SC. The van der Waals surface area contributed by atoms with Gasteiger partial charge in [0, 0.05) is 0 Å². The number of amides is 1. The third kappa shape index (κ3) is 6.61. The number of nitrogens with zero attached hydrogens (tertiary/aromatic N) is 2. The molecule has 0 aromatic carbocycles. The molecule has 10 heteroatoms. The number of rotatable bonds is 4. The van der Waals surface area contributed by atoms with Crippen molar-refractivity contribution in [3.63, 3.8) is 0 Å². The summed E-state index contributed by atoms with van der Waals surface area (Å²) in [5.74, 6) is -0.388. The van der Waals surface area contributed by atoms with E-state index in [0.29, 0.717) is 5.17 Å². The molecule has 19 heavy (non-hydrogen) atoms. The van der Waals surface area contributed by atoms with E-state index >= 15 is 0 Å². The van der Waals surface area contributed by atoms with Crippen LogP contribution in [0.5, 0.6) is 0 Å². The molecular weight excluding hydrogens is 265 g/mol. The van der Waals surface area contributed by atoms with Crippen molar-refractivity contribution in [2.45, 2.75) is 12.2 Å². The molecule has 0 saturated heterocycles. The second kappa shape index (κ2) is 8.19. The van der Waals surface area contributed by atoms with Crippen molar-refractivity contribution in [2.24, 2.45) is 4.99 Å². The molecule has 104 valence electrons. The Morgan fingerprint density at radius 1 is 1.37 bits per heavy atom. The first-order valence-corrected chi connectivity index (χ1v) is 7.12. The summed E-state index contributed by atoms with van der Waals surface area (Å²) in [6, 6.07) is 0. The molecule has 0 aliphatic rings.